The Morgan fingerprint density at radius 1 is 1.40 bits per heavy atom. The predicted molar refractivity (Wildman–Crippen MR) is 97.8 cm³/mol. The summed E-state index contributed by atoms with van der Waals surface area (Å²) in [5.41, 5.74) is 1.40. The second kappa shape index (κ2) is 9.55. The van der Waals surface area contributed by atoms with E-state index in [0.717, 1.165) is 37.8 Å². The number of unbranched alkanes of at least 4 members (excludes halogenated alkanes) is 1. The number of hydrogen-bond donors (Lipinski definition) is 2. The molecule has 1 aromatic carbocycles. The van der Waals surface area contributed by atoms with Gasteiger partial charge in [-0.3, -0.25) is 9.69 Å². The van der Waals surface area contributed by atoms with E-state index in [1.807, 2.05) is 0 Å². The highest BCUT2D eigenvalue weighted by Gasteiger charge is 2.30. The minimum Gasteiger partial charge on any atom is -0.387 e. The Kier molecular flexibility index (Phi) is 7.42. The number of rotatable bonds is 7. The molecule has 1 saturated heterocycles. The van der Waals surface area contributed by atoms with Crippen molar-refractivity contribution in [3.8, 4) is 6.07 Å². The van der Waals surface area contributed by atoms with Gasteiger partial charge in [-0.2, -0.15) is 5.26 Å². The van der Waals surface area contributed by atoms with Crippen LogP contribution in [0.15, 0.2) is 24.3 Å². The van der Waals surface area contributed by atoms with E-state index in [2.05, 4.69) is 30.1 Å². The molecular formula is C20H29N3O2. The van der Waals surface area contributed by atoms with Crippen molar-refractivity contribution in [2.75, 3.05) is 19.6 Å². The molecule has 1 heterocycles. The van der Waals surface area contributed by atoms with Crippen LogP contribution >= 0.6 is 0 Å². The summed E-state index contributed by atoms with van der Waals surface area (Å²) in [4.78, 5) is 14.5. The SMILES string of the molecule is CCCCNC(=O)C1CCC(C)N(CC(O)c2ccc(C#N)cc2)C1. The first kappa shape index (κ1) is 19.4. The van der Waals surface area contributed by atoms with Crippen LogP contribution in [-0.4, -0.2) is 41.6 Å². The number of aliphatic hydroxyl groups is 1. The maximum Gasteiger partial charge on any atom is 0.224 e. The molecule has 2 rings (SSSR count). The lowest BCUT2D eigenvalue weighted by atomic mass is 9.92. The summed E-state index contributed by atoms with van der Waals surface area (Å²) in [6.45, 7) is 6.20. The van der Waals surface area contributed by atoms with Crippen LogP contribution in [0, 0.1) is 17.2 Å². The number of nitrogens with one attached hydrogen (secondary N) is 1. The van der Waals surface area contributed by atoms with E-state index >= 15 is 0 Å². The Bertz CT molecular complexity index is 594. The third-order valence-electron chi connectivity index (χ3n) is 5.04. The number of benzene rings is 1. The van der Waals surface area contributed by atoms with Crippen molar-refractivity contribution in [3.05, 3.63) is 35.4 Å². The van der Waals surface area contributed by atoms with Crippen molar-refractivity contribution in [3.63, 3.8) is 0 Å². The maximum absolute atomic E-state index is 12.3. The molecule has 0 bridgehead atoms. The topological polar surface area (TPSA) is 76.4 Å². The molecule has 1 fully saturated rings. The van der Waals surface area contributed by atoms with Gasteiger partial charge in [0.15, 0.2) is 0 Å². The molecule has 1 aromatic rings. The fraction of sp³-hybridized carbons (Fsp3) is 0.600. The van der Waals surface area contributed by atoms with Crippen LogP contribution in [0.3, 0.4) is 0 Å². The van der Waals surface area contributed by atoms with Crippen LogP contribution in [0.2, 0.25) is 0 Å². The van der Waals surface area contributed by atoms with Crippen LogP contribution in [0.1, 0.15) is 56.8 Å². The minimum absolute atomic E-state index is 0.00113. The van der Waals surface area contributed by atoms with Crippen molar-refractivity contribution < 1.29 is 9.90 Å². The van der Waals surface area contributed by atoms with Crippen LogP contribution in [0.5, 0.6) is 0 Å². The van der Waals surface area contributed by atoms with Crippen LogP contribution < -0.4 is 5.32 Å². The summed E-state index contributed by atoms with van der Waals surface area (Å²) < 4.78 is 0. The van der Waals surface area contributed by atoms with Gasteiger partial charge in [0.25, 0.3) is 0 Å². The average Bonchev–Trinajstić information content (AvgIpc) is 2.63. The Morgan fingerprint density at radius 3 is 2.76 bits per heavy atom. The molecule has 5 heteroatoms. The lowest BCUT2D eigenvalue weighted by Gasteiger charge is -2.38. The molecule has 3 unspecified atom stereocenters. The van der Waals surface area contributed by atoms with E-state index in [4.69, 9.17) is 5.26 Å². The van der Waals surface area contributed by atoms with Gasteiger partial charge in [0.05, 0.1) is 23.7 Å². The van der Waals surface area contributed by atoms with Crippen molar-refractivity contribution >= 4 is 5.91 Å². The number of piperidine rings is 1. The number of likely N-dealkylation sites (tertiary alicyclic amines) is 1. The molecular weight excluding hydrogens is 314 g/mol. The lowest BCUT2D eigenvalue weighted by molar-refractivity contribution is -0.127. The first-order valence-electron chi connectivity index (χ1n) is 9.25. The smallest absolute Gasteiger partial charge is 0.224 e. The Labute approximate surface area is 150 Å². The van der Waals surface area contributed by atoms with E-state index in [1.165, 1.54) is 0 Å². The van der Waals surface area contributed by atoms with Gasteiger partial charge in [-0.25, -0.2) is 0 Å². The first-order chi connectivity index (χ1) is 12.0. The Balaban J connectivity index is 1.92. The lowest BCUT2D eigenvalue weighted by Crippen LogP contribution is -2.48. The number of nitrogens with zero attached hydrogens (tertiary/aromatic N) is 2. The molecule has 0 spiro atoms. The number of aliphatic hydroxyl groups excluding tert-OH is 1. The van der Waals surface area contributed by atoms with Gasteiger partial charge in [0, 0.05) is 25.7 Å². The van der Waals surface area contributed by atoms with Crippen molar-refractivity contribution in [1.29, 1.82) is 5.26 Å². The second-order valence-corrected chi connectivity index (χ2v) is 6.97. The highest BCUT2D eigenvalue weighted by atomic mass is 16.3. The number of hydrogen-bond acceptors (Lipinski definition) is 4. The van der Waals surface area contributed by atoms with E-state index < -0.39 is 6.10 Å². The van der Waals surface area contributed by atoms with Crippen LogP contribution in [0.25, 0.3) is 0 Å². The van der Waals surface area contributed by atoms with Crippen molar-refractivity contribution in [1.82, 2.24) is 10.2 Å². The molecule has 0 radical (unpaired) electrons. The summed E-state index contributed by atoms with van der Waals surface area (Å²) >= 11 is 0. The van der Waals surface area contributed by atoms with Gasteiger partial charge in [0.1, 0.15) is 0 Å². The molecule has 0 aromatic heterocycles. The van der Waals surface area contributed by atoms with Gasteiger partial charge in [-0.15, -0.1) is 0 Å². The molecule has 136 valence electrons. The third-order valence-corrected chi connectivity index (χ3v) is 5.04. The molecule has 0 aliphatic carbocycles. The van der Waals surface area contributed by atoms with Crippen molar-refractivity contribution in [2.45, 2.75) is 51.7 Å². The summed E-state index contributed by atoms with van der Waals surface area (Å²) in [7, 11) is 0. The molecule has 5 nitrogen and oxygen atoms in total. The molecule has 1 amide bonds. The molecule has 25 heavy (non-hydrogen) atoms. The first-order valence-corrected chi connectivity index (χ1v) is 9.25. The summed E-state index contributed by atoms with van der Waals surface area (Å²) in [6, 6.07) is 9.48. The van der Waals surface area contributed by atoms with E-state index in [-0.39, 0.29) is 11.8 Å². The highest BCUT2D eigenvalue weighted by Crippen LogP contribution is 2.25. The molecule has 2 N–H and O–H groups in total. The second-order valence-electron chi connectivity index (χ2n) is 6.97. The predicted octanol–water partition coefficient (Wildman–Crippen LogP) is 2.61. The number of β-amino-alcohol motifs (C(OH)–C–C–N with tert-alkyl or cyclic N) is 1. The molecule has 1 aliphatic rings. The van der Waals surface area contributed by atoms with E-state index in [1.54, 1.807) is 24.3 Å². The zero-order chi connectivity index (χ0) is 18.2. The average molecular weight is 343 g/mol. The highest BCUT2D eigenvalue weighted by molar-refractivity contribution is 5.78. The number of carbonyl (C=O) groups excluding carboxylic acids is 1. The van der Waals surface area contributed by atoms with E-state index in [9.17, 15) is 9.90 Å². The number of nitriles is 1. The van der Waals surface area contributed by atoms with Gasteiger partial charge in [0.2, 0.25) is 5.91 Å². The van der Waals surface area contributed by atoms with Crippen LogP contribution in [-0.2, 0) is 4.79 Å². The fourth-order valence-electron chi connectivity index (χ4n) is 3.29. The largest absolute Gasteiger partial charge is 0.387 e. The summed E-state index contributed by atoms with van der Waals surface area (Å²) in [5, 5.41) is 22.4. The fourth-order valence-corrected chi connectivity index (χ4v) is 3.29. The Morgan fingerprint density at radius 2 is 2.12 bits per heavy atom. The standard InChI is InChI=1S/C20H29N3O2/c1-3-4-11-22-20(25)18-8-5-15(2)23(13-18)14-19(24)17-9-6-16(12-21)7-10-17/h6-7,9-10,15,18-19,24H,3-5,8,11,13-14H2,1-2H3,(H,22,25). The van der Waals surface area contributed by atoms with Gasteiger partial charge >= 0.3 is 0 Å². The van der Waals surface area contributed by atoms with E-state index in [0.29, 0.717) is 24.7 Å². The van der Waals surface area contributed by atoms with Gasteiger partial charge < -0.3 is 10.4 Å². The molecule has 0 saturated carbocycles. The third kappa shape index (κ3) is 5.55. The zero-order valence-corrected chi connectivity index (χ0v) is 15.2. The van der Waals surface area contributed by atoms with Crippen molar-refractivity contribution in [2.24, 2.45) is 5.92 Å². The Hall–Kier alpha value is -1.90. The minimum atomic E-state index is -0.614. The van der Waals surface area contributed by atoms with Gasteiger partial charge in [-0.05, 0) is 43.9 Å². The number of amides is 1. The number of carbonyl (C=O) groups is 1. The normalized spacial score (nSPS) is 22.2. The molecule has 3 atom stereocenters. The summed E-state index contributed by atoms with van der Waals surface area (Å²) in [5.74, 6) is 0.138. The maximum atomic E-state index is 12.3. The van der Waals surface area contributed by atoms with Crippen LogP contribution in [0.4, 0.5) is 0 Å². The summed E-state index contributed by atoms with van der Waals surface area (Å²) in [6.07, 6.45) is 3.34. The quantitative estimate of drug-likeness (QED) is 0.746. The van der Waals surface area contributed by atoms with Gasteiger partial charge in [-0.1, -0.05) is 25.5 Å². The zero-order valence-electron chi connectivity index (χ0n) is 15.2. The monoisotopic (exact) mass is 343 g/mol. The molecule has 1 aliphatic heterocycles.